The van der Waals surface area contributed by atoms with E-state index >= 15 is 0 Å². The third-order valence-electron chi connectivity index (χ3n) is 4.94. The molecule has 3 heterocycles. The topological polar surface area (TPSA) is 69.0 Å². The Kier molecular flexibility index (Phi) is 4.09. The van der Waals surface area contributed by atoms with Crippen molar-refractivity contribution in [1.82, 2.24) is 4.90 Å². The van der Waals surface area contributed by atoms with E-state index in [2.05, 4.69) is 0 Å². The summed E-state index contributed by atoms with van der Waals surface area (Å²) in [6.45, 7) is 4.22. The molecule has 25 heavy (non-hydrogen) atoms. The van der Waals surface area contributed by atoms with Crippen molar-refractivity contribution in [2.75, 3.05) is 26.3 Å². The number of hydrogen-bond donors (Lipinski definition) is 0. The second-order valence-electron chi connectivity index (χ2n) is 6.88. The fourth-order valence-electron chi connectivity index (χ4n) is 3.76. The normalized spacial score (nSPS) is 23.1. The Hall–Kier alpha value is -2.18. The monoisotopic (exact) mass is 343 g/mol. The Morgan fingerprint density at radius 1 is 1.24 bits per heavy atom. The summed E-state index contributed by atoms with van der Waals surface area (Å²) in [6, 6.07) is 8.26. The van der Waals surface area contributed by atoms with E-state index in [1.54, 1.807) is 29.2 Å². The summed E-state index contributed by atoms with van der Waals surface area (Å²) >= 11 is 0. The van der Waals surface area contributed by atoms with Gasteiger partial charge in [0.25, 0.3) is 5.91 Å². The highest BCUT2D eigenvalue weighted by Crippen LogP contribution is 2.32. The van der Waals surface area contributed by atoms with Crippen LogP contribution in [0.3, 0.4) is 0 Å². The van der Waals surface area contributed by atoms with Crippen molar-refractivity contribution < 1.29 is 18.7 Å². The van der Waals surface area contributed by atoms with Gasteiger partial charge in [-0.25, -0.2) is 0 Å². The second-order valence-corrected chi connectivity index (χ2v) is 6.88. The van der Waals surface area contributed by atoms with Crippen LogP contribution in [0, 0.1) is 0 Å². The summed E-state index contributed by atoms with van der Waals surface area (Å²) in [5, 5.41) is 0.482. The average Bonchev–Trinajstić information content (AvgIpc) is 2.61. The number of fused-ring (bicyclic) bond motifs is 1. The number of amides is 1. The van der Waals surface area contributed by atoms with Crippen LogP contribution < -0.4 is 5.43 Å². The predicted octanol–water partition coefficient (Wildman–Crippen LogP) is 2.20. The number of ether oxygens (including phenoxy) is 2. The van der Waals surface area contributed by atoms with E-state index in [0.717, 1.165) is 12.8 Å². The van der Waals surface area contributed by atoms with Crippen LogP contribution in [0.15, 0.2) is 39.5 Å². The highest BCUT2D eigenvalue weighted by molar-refractivity contribution is 5.93. The standard InChI is InChI=1S/C19H21NO5/c1-13-11-20(12-19(25-13)6-8-23-9-7-19)18(22)17-10-15(21)14-4-2-3-5-16(14)24-17/h2-5,10,13H,6-9,11-12H2,1H3. The molecule has 1 aromatic carbocycles. The Balaban J connectivity index is 1.64. The molecule has 132 valence electrons. The summed E-state index contributed by atoms with van der Waals surface area (Å²) in [5.41, 5.74) is -0.129. The smallest absolute Gasteiger partial charge is 0.289 e. The lowest BCUT2D eigenvalue weighted by molar-refractivity contribution is -0.176. The predicted molar refractivity (Wildman–Crippen MR) is 91.7 cm³/mol. The number of benzene rings is 1. The first kappa shape index (κ1) is 16.3. The van der Waals surface area contributed by atoms with E-state index < -0.39 is 0 Å². The van der Waals surface area contributed by atoms with Crippen LogP contribution in [0.2, 0.25) is 0 Å². The molecule has 2 aromatic rings. The Bertz CT molecular complexity index is 852. The van der Waals surface area contributed by atoms with Crippen LogP contribution in [-0.4, -0.2) is 48.8 Å². The van der Waals surface area contributed by atoms with Gasteiger partial charge in [0.15, 0.2) is 11.2 Å². The lowest BCUT2D eigenvalue weighted by Gasteiger charge is -2.47. The molecular formula is C19H21NO5. The summed E-state index contributed by atoms with van der Waals surface area (Å²) in [7, 11) is 0. The molecule has 6 nitrogen and oxygen atoms in total. The van der Waals surface area contributed by atoms with Crippen molar-refractivity contribution in [3.8, 4) is 0 Å². The first-order valence-corrected chi connectivity index (χ1v) is 8.64. The summed E-state index contributed by atoms with van der Waals surface area (Å²) in [5.74, 6) is -0.177. The molecule has 0 saturated carbocycles. The molecule has 0 bridgehead atoms. The molecule has 2 aliphatic rings. The molecule has 2 fully saturated rings. The molecule has 6 heteroatoms. The van der Waals surface area contributed by atoms with E-state index in [4.69, 9.17) is 13.9 Å². The highest BCUT2D eigenvalue weighted by atomic mass is 16.5. The summed E-state index contributed by atoms with van der Waals surface area (Å²) in [6.07, 6.45) is 1.47. The van der Waals surface area contributed by atoms with Gasteiger partial charge in [0, 0.05) is 38.7 Å². The number of rotatable bonds is 1. The zero-order chi connectivity index (χ0) is 17.4. The van der Waals surface area contributed by atoms with Gasteiger partial charge in [-0.15, -0.1) is 0 Å². The fraction of sp³-hybridized carbons (Fsp3) is 0.474. The molecule has 0 aliphatic carbocycles. The molecule has 1 spiro atoms. The van der Waals surface area contributed by atoms with Gasteiger partial charge in [0.2, 0.25) is 0 Å². The molecular weight excluding hydrogens is 322 g/mol. The van der Waals surface area contributed by atoms with Crippen molar-refractivity contribution >= 4 is 16.9 Å². The quantitative estimate of drug-likeness (QED) is 0.794. The largest absolute Gasteiger partial charge is 0.451 e. The molecule has 0 N–H and O–H groups in total. The molecule has 1 atom stereocenters. The maximum absolute atomic E-state index is 13.0. The maximum atomic E-state index is 13.0. The van der Waals surface area contributed by atoms with Crippen molar-refractivity contribution in [2.24, 2.45) is 0 Å². The molecule has 1 unspecified atom stereocenters. The van der Waals surface area contributed by atoms with Crippen LogP contribution in [0.5, 0.6) is 0 Å². The van der Waals surface area contributed by atoms with Gasteiger partial charge in [-0.1, -0.05) is 12.1 Å². The third kappa shape index (κ3) is 3.07. The zero-order valence-electron chi connectivity index (χ0n) is 14.2. The first-order valence-electron chi connectivity index (χ1n) is 8.64. The SMILES string of the molecule is CC1CN(C(=O)c2cc(=O)c3ccccc3o2)CC2(CCOCC2)O1. The fourth-order valence-corrected chi connectivity index (χ4v) is 3.76. The number of carbonyl (C=O) groups excluding carboxylic acids is 1. The van der Waals surface area contributed by atoms with E-state index in [-0.39, 0.29) is 28.8 Å². The number of para-hydroxylation sites is 1. The lowest BCUT2D eigenvalue weighted by Crippen LogP contribution is -2.58. The van der Waals surface area contributed by atoms with E-state index in [0.29, 0.717) is 37.3 Å². The van der Waals surface area contributed by atoms with Crippen LogP contribution in [0.25, 0.3) is 11.0 Å². The van der Waals surface area contributed by atoms with E-state index in [9.17, 15) is 9.59 Å². The molecule has 2 aliphatic heterocycles. The van der Waals surface area contributed by atoms with Crippen LogP contribution in [0.4, 0.5) is 0 Å². The van der Waals surface area contributed by atoms with Gasteiger partial charge in [-0.05, 0) is 19.1 Å². The van der Waals surface area contributed by atoms with Gasteiger partial charge in [0.05, 0.1) is 23.6 Å². The molecule has 2 saturated heterocycles. The van der Waals surface area contributed by atoms with Crippen LogP contribution in [0.1, 0.15) is 30.3 Å². The number of nitrogens with zero attached hydrogens (tertiary/aromatic N) is 1. The first-order chi connectivity index (χ1) is 12.1. The van der Waals surface area contributed by atoms with Gasteiger partial charge < -0.3 is 18.8 Å². The number of morpholine rings is 1. The zero-order valence-corrected chi connectivity index (χ0v) is 14.2. The Labute approximate surface area is 145 Å². The molecule has 0 radical (unpaired) electrons. The average molecular weight is 343 g/mol. The number of carbonyl (C=O) groups is 1. The number of hydrogen-bond acceptors (Lipinski definition) is 5. The molecule has 4 rings (SSSR count). The highest BCUT2D eigenvalue weighted by Gasteiger charge is 2.42. The van der Waals surface area contributed by atoms with E-state index in [1.165, 1.54) is 6.07 Å². The Morgan fingerprint density at radius 3 is 2.80 bits per heavy atom. The van der Waals surface area contributed by atoms with Crippen molar-refractivity contribution in [3.63, 3.8) is 0 Å². The summed E-state index contributed by atoms with van der Waals surface area (Å²) in [4.78, 5) is 27.0. The van der Waals surface area contributed by atoms with Crippen molar-refractivity contribution in [3.05, 3.63) is 46.3 Å². The van der Waals surface area contributed by atoms with Gasteiger partial charge in [-0.3, -0.25) is 9.59 Å². The third-order valence-corrected chi connectivity index (χ3v) is 4.94. The molecule has 1 amide bonds. The van der Waals surface area contributed by atoms with Crippen molar-refractivity contribution in [2.45, 2.75) is 31.5 Å². The second kappa shape index (κ2) is 6.28. The van der Waals surface area contributed by atoms with Crippen LogP contribution in [-0.2, 0) is 9.47 Å². The maximum Gasteiger partial charge on any atom is 0.289 e. The van der Waals surface area contributed by atoms with E-state index in [1.807, 2.05) is 6.92 Å². The minimum Gasteiger partial charge on any atom is -0.451 e. The van der Waals surface area contributed by atoms with Crippen molar-refractivity contribution in [1.29, 1.82) is 0 Å². The minimum atomic E-state index is -0.358. The van der Waals surface area contributed by atoms with Crippen LogP contribution >= 0.6 is 0 Å². The Morgan fingerprint density at radius 2 is 2.00 bits per heavy atom. The summed E-state index contributed by atoms with van der Waals surface area (Å²) < 4.78 is 17.3. The lowest BCUT2D eigenvalue weighted by atomic mass is 9.91. The minimum absolute atomic E-state index is 0.0667. The van der Waals surface area contributed by atoms with Gasteiger partial charge >= 0.3 is 0 Å². The molecule has 1 aromatic heterocycles. The van der Waals surface area contributed by atoms with Gasteiger partial charge in [-0.2, -0.15) is 0 Å². The van der Waals surface area contributed by atoms with Gasteiger partial charge in [0.1, 0.15) is 5.58 Å².